The number of carbonyl (C=O) groups is 2. The fraction of sp³-hybridized carbons (Fsp3) is 0.833. The monoisotopic (exact) mass is 274 g/mol. The number of rotatable bonds is 9. The first-order valence-corrected chi connectivity index (χ1v) is 7.21. The molecule has 5 nitrogen and oxygen atoms in total. The van der Waals surface area contributed by atoms with Crippen molar-refractivity contribution in [2.45, 2.75) is 47.0 Å². The van der Waals surface area contributed by atoms with Crippen LogP contribution in [0.2, 0.25) is 0 Å². The molecule has 0 aliphatic heterocycles. The zero-order valence-electron chi connectivity index (χ0n) is 11.7. The van der Waals surface area contributed by atoms with Crippen LogP contribution >= 0.6 is 0 Å². The molecule has 1 atom stereocenters. The van der Waals surface area contributed by atoms with Crippen molar-refractivity contribution >= 4 is 27.6 Å². The van der Waals surface area contributed by atoms with Crippen LogP contribution < -0.4 is 5.11 Å². The molecule has 0 saturated heterocycles. The molecule has 104 valence electrons. The summed E-state index contributed by atoms with van der Waals surface area (Å²) in [7, 11) is 0. The van der Waals surface area contributed by atoms with Crippen LogP contribution in [0.25, 0.3) is 0 Å². The van der Waals surface area contributed by atoms with Crippen LogP contribution in [-0.2, 0) is 17.2 Å². The van der Waals surface area contributed by atoms with Crippen molar-refractivity contribution in [2.75, 3.05) is 13.2 Å². The standard InChI is InChI=1S/C6H10O3.2C3H7O.Al/c1-3-5(4(2)7)6(8)9;2*1-2-3-4;/h5H,3H2,1-2H3,(H,8,9);2*2-3H2,1H3;/q;2*-1;+3/p-1. The van der Waals surface area contributed by atoms with E-state index in [0.717, 1.165) is 26.1 Å². The Morgan fingerprint density at radius 2 is 1.56 bits per heavy atom. The normalized spacial score (nSPS) is 10.9. The Labute approximate surface area is 116 Å². The van der Waals surface area contributed by atoms with E-state index >= 15 is 0 Å². The molecule has 0 N–H and O–H groups in total. The van der Waals surface area contributed by atoms with Gasteiger partial charge in [0.25, 0.3) is 0 Å². The molecule has 0 radical (unpaired) electrons. The molecule has 0 spiro atoms. The van der Waals surface area contributed by atoms with Crippen molar-refractivity contribution < 1.29 is 22.3 Å². The Morgan fingerprint density at radius 3 is 1.72 bits per heavy atom. The summed E-state index contributed by atoms with van der Waals surface area (Å²) in [5.41, 5.74) is 0. The van der Waals surface area contributed by atoms with Gasteiger partial charge in [-0.2, -0.15) is 0 Å². The molecule has 0 saturated carbocycles. The molecule has 0 bridgehead atoms. The van der Waals surface area contributed by atoms with E-state index in [4.69, 9.17) is 7.58 Å². The third-order valence-corrected chi connectivity index (χ3v) is 2.71. The predicted molar refractivity (Wildman–Crippen MR) is 67.7 cm³/mol. The maximum absolute atomic E-state index is 10.4. The number of hydrogen-bond acceptors (Lipinski definition) is 5. The molecule has 1 unspecified atom stereocenters. The number of ketones is 1. The Morgan fingerprint density at radius 1 is 1.11 bits per heavy atom. The number of carbonyl (C=O) groups excluding carboxylic acids is 2. The molecule has 0 heterocycles. The maximum atomic E-state index is 10.4. The van der Waals surface area contributed by atoms with E-state index in [1.807, 2.05) is 0 Å². The van der Waals surface area contributed by atoms with Crippen LogP contribution in [0.1, 0.15) is 47.0 Å². The van der Waals surface area contributed by atoms with Gasteiger partial charge in [0.15, 0.2) is 0 Å². The van der Waals surface area contributed by atoms with Crippen LogP contribution in [-0.4, -0.2) is 40.9 Å². The van der Waals surface area contributed by atoms with E-state index in [-0.39, 0.29) is 21.7 Å². The first kappa shape index (κ1) is 19.9. The molecule has 0 aromatic rings. The van der Waals surface area contributed by atoms with Crippen LogP contribution in [0.4, 0.5) is 0 Å². The summed E-state index contributed by atoms with van der Waals surface area (Å²) in [4.78, 5) is 20.4. The number of hydrogen-bond donors (Lipinski definition) is 0. The number of aliphatic carboxylic acids is 1. The summed E-state index contributed by atoms with van der Waals surface area (Å²) in [6.07, 6.45) is 2.49. The third kappa shape index (κ3) is 13.7. The molecule has 0 aliphatic carbocycles. The van der Waals surface area contributed by atoms with Crippen molar-refractivity contribution in [3.8, 4) is 0 Å². The molecule has 0 fully saturated rings. The van der Waals surface area contributed by atoms with Gasteiger partial charge in [-0.25, -0.2) is 0 Å². The molecular weight excluding hydrogens is 251 g/mol. The van der Waals surface area contributed by atoms with E-state index in [2.05, 4.69) is 13.8 Å². The summed E-state index contributed by atoms with van der Waals surface area (Å²) in [6, 6.07) is 0. The van der Waals surface area contributed by atoms with Gasteiger partial charge in [-0.3, -0.25) is 4.79 Å². The molecule has 6 heteroatoms. The molecule has 0 rings (SSSR count). The van der Waals surface area contributed by atoms with Crippen LogP contribution in [0.5, 0.6) is 0 Å². The topological polar surface area (TPSA) is 75.7 Å². The van der Waals surface area contributed by atoms with E-state index in [9.17, 15) is 14.7 Å². The number of carboxylic acid groups (broad SMARTS) is 1. The average Bonchev–Trinajstić information content (AvgIpc) is 2.29. The fourth-order valence-corrected chi connectivity index (χ4v) is 1.76. The van der Waals surface area contributed by atoms with Gasteiger partial charge in [0.2, 0.25) is 0 Å². The summed E-state index contributed by atoms with van der Waals surface area (Å²) in [5, 5.41) is 10.0. The second kappa shape index (κ2) is 14.7. The van der Waals surface area contributed by atoms with Crippen molar-refractivity contribution in [1.29, 1.82) is 0 Å². The van der Waals surface area contributed by atoms with Crippen molar-refractivity contribution in [3.05, 3.63) is 0 Å². The Balaban J connectivity index is 0. The Hall–Kier alpha value is -0.408. The van der Waals surface area contributed by atoms with Gasteiger partial charge in [-0.05, 0) is 13.3 Å². The first-order valence-electron chi connectivity index (χ1n) is 6.27. The van der Waals surface area contributed by atoms with Gasteiger partial charge < -0.3 is 9.90 Å². The zero-order valence-corrected chi connectivity index (χ0v) is 12.9. The first-order chi connectivity index (χ1) is 8.51. The van der Waals surface area contributed by atoms with Gasteiger partial charge in [0.05, 0.1) is 11.9 Å². The van der Waals surface area contributed by atoms with Crippen molar-refractivity contribution in [1.82, 2.24) is 0 Å². The molecule has 0 amide bonds. The summed E-state index contributed by atoms with van der Waals surface area (Å²) >= 11 is -0.182. The summed E-state index contributed by atoms with van der Waals surface area (Å²) in [6.45, 7) is 8.78. The summed E-state index contributed by atoms with van der Waals surface area (Å²) < 4.78 is 10.3. The third-order valence-electron chi connectivity index (χ3n) is 1.96. The van der Waals surface area contributed by atoms with Gasteiger partial charge >= 0.3 is 63.4 Å². The molecule has 0 aromatic heterocycles. The van der Waals surface area contributed by atoms with Crippen LogP contribution in [0, 0.1) is 5.92 Å². The molecule has 0 aromatic carbocycles. The quantitative estimate of drug-likeness (QED) is 0.352. The van der Waals surface area contributed by atoms with Gasteiger partial charge in [-0.15, -0.1) is 0 Å². The molecule has 0 aliphatic rings. The molecule has 18 heavy (non-hydrogen) atoms. The van der Waals surface area contributed by atoms with Crippen molar-refractivity contribution in [3.63, 3.8) is 0 Å². The van der Waals surface area contributed by atoms with E-state index in [1.54, 1.807) is 6.92 Å². The van der Waals surface area contributed by atoms with E-state index < -0.39 is 11.9 Å². The van der Waals surface area contributed by atoms with E-state index in [0.29, 0.717) is 6.42 Å². The minimum absolute atomic E-state index is 0.182. The van der Waals surface area contributed by atoms with Crippen LogP contribution in [0.15, 0.2) is 0 Å². The van der Waals surface area contributed by atoms with Gasteiger partial charge in [0.1, 0.15) is 5.78 Å². The Bertz CT molecular complexity index is 201. The Kier molecular flexibility index (Phi) is 16.2. The second-order valence-electron chi connectivity index (χ2n) is 3.73. The second-order valence-corrected chi connectivity index (χ2v) is 4.59. The zero-order chi connectivity index (χ0) is 14.4. The SMILES string of the molecule is CCC(C(C)=O)C(=O)[O-].CCC[O][Al+][O]CCC. The van der Waals surface area contributed by atoms with Gasteiger partial charge in [0, 0.05) is 0 Å². The fourth-order valence-electron chi connectivity index (χ4n) is 1.00. The van der Waals surface area contributed by atoms with Crippen LogP contribution in [0.3, 0.4) is 0 Å². The average molecular weight is 274 g/mol. The van der Waals surface area contributed by atoms with Gasteiger partial charge in [-0.1, -0.05) is 6.92 Å². The predicted octanol–water partition coefficient (Wildman–Crippen LogP) is 0.725. The van der Waals surface area contributed by atoms with E-state index in [1.165, 1.54) is 6.92 Å². The summed E-state index contributed by atoms with van der Waals surface area (Å²) in [5.74, 6) is -2.52. The number of carboxylic acids is 1. The number of Topliss-reactive ketones (excluding diaryl/α,β-unsaturated/α-hetero) is 1. The molecular formula is C12H23AlO5. The minimum atomic E-state index is -1.27. The van der Waals surface area contributed by atoms with Crippen molar-refractivity contribution in [2.24, 2.45) is 5.92 Å².